The highest BCUT2D eigenvalue weighted by Gasteiger charge is 2.37. The second-order valence-corrected chi connectivity index (χ2v) is 8.26. The number of furan rings is 1. The highest BCUT2D eigenvalue weighted by atomic mass is 79.9. The maximum atomic E-state index is 13.0. The number of anilines is 1. The number of rotatable bonds is 5. The molecule has 2 heterocycles. The lowest BCUT2D eigenvalue weighted by molar-refractivity contribution is -0.122. The summed E-state index contributed by atoms with van der Waals surface area (Å²) in [5.41, 5.74) is 0.0566. The third kappa shape index (κ3) is 4.42. The van der Waals surface area contributed by atoms with Gasteiger partial charge in [-0.05, 0) is 52.3 Å². The Morgan fingerprint density at radius 3 is 2.58 bits per heavy atom. The summed E-state index contributed by atoms with van der Waals surface area (Å²) in [5.74, 6) is -0.785. The molecule has 0 radical (unpaired) electrons. The Kier molecular flexibility index (Phi) is 5.97. The van der Waals surface area contributed by atoms with Crippen molar-refractivity contribution in [2.24, 2.45) is 0 Å². The zero-order chi connectivity index (χ0) is 22.0. The Balaban J connectivity index is 1.65. The van der Waals surface area contributed by atoms with Gasteiger partial charge in [-0.25, -0.2) is 9.69 Å². The molecule has 3 aromatic rings. The van der Waals surface area contributed by atoms with E-state index in [1.54, 1.807) is 24.3 Å². The molecule has 1 aliphatic rings. The van der Waals surface area contributed by atoms with Crippen LogP contribution in [0.15, 0.2) is 85.1 Å². The van der Waals surface area contributed by atoms with Gasteiger partial charge in [-0.15, -0.1) is 0 Å². The van der Waals surface area contributed by atoms with E-state index < -0.39 is 17.8 Å². The molecule has 1 saturated heterocycles. The van der Waals surface area contributed by atoms with Gasteiger partial charge in [0.25, 0.3) is 11.8 Å². The minimum absolute atomic E-state index is 0.222. The minimum Gasteiger partial charge on any atom is -0.497 e. The van der Waals surface area contributed by atoms with Crippen LogP contribution in [-0.2, 0) is 9.59 Å². The molecule has 0 unspecified atom stereocenters. The predicted octanol–water partition coefficient (Wildman–Crippen LogP) is 4.87. The third-order valence-corrected chi connectivity index (χ3v) is 6.18. The number of benzene rings is 2. The van der Waals surface area contributed by atoms with Crippen molar-refractivity contribution in [2.45, 2.75) is 9.99 Å². The van der Waals surface area contributed by atoms with Crippen molar-refractivity contribution in [3.8, 4) is 5.75 Å². The van der Waals surface area contributed by atoms with Crippen LogP contribution in [0.4, 0.5) is 10.5 Å². The molecule has 2 aromatic carbocycles. The number of amides is 4. The number of urea groups is 1. The number of carbonyl (C=O) groups is 3. The summed E-state index contributed by atoms with van der Waals surface area (Å²) < 4.78 is 11.6. The first-order valence-electron chi connectivity index (χ1n) is 9.04. The molecule has 0 bridgehead atoms. The van der Waals surface area contributed by atoms with Crippen molar-refractivity contribution < 1.29 is 23.5 Å². The summed E-state index contributed by atoms with van der Waals surface area (Å²) in [6, 6.07) is 16.9. The molecule has 0 spiro atoms. The van der Waals surface area contributed by atoms with Gasteiger partial charge < -0.3 is 9.15 Å². The Morgan fingerprint density at radius 2 is 1.84 bits per heavy atom. The van der Waals surface area contributed by atoms with Crippen LogP contribution in [0.5, 0.6) is 5.75 Å². The molecule has 0 saturated carbocycles. The van der Waals surface area contributed by atoms with Crippen molar-refractivity contribution in [1.82, 2.24) is 5.32 Å². The maximum Gasteiger partial charge on any atom is 0.335 e. The summed E-state index contributed by atoms with van der Waals surface area (Å²) >= 11 is 4.83. The third-order valence-electron chi connectivity index (χ3n) is 4.33. The number of nitrogens with zero attached hydrogens (tertiary/aromatic N) is 1. The molecule has 4 amide bonds. The first kappa shape index (κ1) is 21.0. The average molecular weight is 499 g/mol. The van der Waals surface area contributed by atoms with E-state index in [0.29, 0.717) is 21.1 Å². The number of hydrogen-bond acceptors (Lipinski definition) is 6. The minimum atomic E-state index is -0.832. The van der Waals surface area contributed by atoms with Gasteiger partial charge in [-0.3, -0.25) is 14.9 Å². The lowest BCUT2D eigenvalue weighted by atomic mass is 10.1. The molecule has 1 aromatic heterocycles. The molecule has 0 atom stereocenters. The van der Waals surface area contributed by atoms with E-state index in [0.717, 1.165) is 9.80 Å². The normalized spacial score (nSPS) is 15.4. The molecule has 7 nitrogen and oxygen atoms in total. The summed E-state index contributed by atoms with van der Waals surface area (Å²) in [6.45, 7) is 0. The number of barbiturate groups is 1. The highest BCUT2D eigenvalue weighted by molar-refractivity contribution is 9.10. The fraction of sp³-hybridized carbons (Fsp3) is 0.0455. The van der Waals surface area contributed by atoms with Gasteiger partial charge in [0.1, 0.15) is 17.1 Å². The van der Waals surface area contributed by atoms with Crippen molar-refractivity contribution in [1.29, 1.82) is 0 Å². The fourth-order valence-electron chi connectivity index (χ4n) is 2.89. The lowest BCUT2D eigenvalue weighted by Gasteiger charge is -2.26. The lowest BCUT2D eigenvalue weighted by Crippen LogP contribution is -2.54. The molecule has 1 fully saturated rings. The van der Waals surface area contributed by atoms with E-state index in [1.165, 1.54) is 31.0 Å². The van der Waals surface area contributed by atoms with Crippen molar-refractivity contribution in [3.05, 3.63) is 76.5 Å². The second kappa shape index (κ2) is 8.83. The van der Waals surface area contributed by atoms with Crippen molar-refractivity contribution in [2.75, 3.05) is 12.0 Å². The Bertz CT molecular complexity index is 1210. The van der Waals surface area contributed by atoms with Gasteiger partial charge in [-0.1, -0.05) is 36.0 Å². The summed E-state index contributed by atoms with van der Waals surface area (Å²) in [5, 5.41) is 2.76. The van der Waals surface area contributed by atoms with Crippen molar-refractivity contribution in [3.63, 3.8) is 0 Å². The highest BCUT2D eigenvalue weighted by Crippen LogP contribution is 2.36. The van der Waals surface area contributed by atoms with E-state index in [-0.39, 0.29) is 11.3 Å². The SMILES string of the molecule is COc1cccc(N2C(=O)NC(=O)/C(=C\c3cc(Br)c(Sc4ccccc4)o3)C2=O)c1. The van der Waals surface area contributed by atoms with E-state index in [1.807, 2.05) is 30.3 Å². The van der Waals surface area contributed by atoms with Crippen LogP contribution in [0.1, 0.15) is 5.76 Å². The quantitative estimate of drug-likeness (QED) is 0.398. The van der Waals surface area contributed by atoms with Crippen molar-refractivity contribution >= 4 is 57.3 Å². The first-order valence-corrected chi connectivity index (χ1v) is 10.6. The largest absolute Gasteiger partial charge is 0.497 e. The molecule has 1 N–H and O–H groups in total. The van der Waals surface area contributed by atoms with Crippen LogP contribution in [0.3, 0.4) is 0 Å². The fourth-order valence-corrected chi connectivity index (χ4v) is 4.24. The smallest absolute Gasteiger partial charge is 0.335 e. The van der Waals surface area contributed by atoms with E-state index in [9.17, 15) is 14.4 Å². The van der Waals surface area contributed by atoms with Gasteiger partial charge in [0, 0.05) is 11.0 Å². The van der Waals surface area contributed by atoms with Crippen LogP contribution in [0.2, 0.25) is 0 Å². The van der Waals surface area contributed by atoms with Crippen LogP contribution < -0.4 is 15.0 Å². The Hall–Kier alpha value is -3.30. The standard InChI is InChI=1S/C22H15BrN2O5S/c1-29-14-7-5-6-13(10-14)25-20(27)17(19(26)24-22(25)28)11-15-12-18(23)21(30-15)31-16-8-3-2-4-9-16/h2-12H,1H3,(H,24,26,28)/b17-11+. The van der Waals surface area contributed by atoms with E-state index >= 15 is 0 Å². The number of carbonyl (C=O) groups excluding carboxylic acids is 3. The summed E-state index contributed by atoms with van der Waals surface area (Å²) in [4.78, 5) is 39.6. The number of halogens is 1. The monoisotopic (exact) mass is 498 g/mol. The molecular formula is C22H15BrN2O5S. The van der Waals surface area contributed by atoms with Crippen LogP contribution >= 0.6 is 27.7 Å². The van der Waals surface area contributed by atoms with E-state index in [2.05, 4.69) is 21.2 Å². The van der Waals surface area contributed by atoms with Gasteiger partial charge in [-0.2, -0.15) is 0 Å². The molecule has 9 heteroatoms. The van der Waals surface area contributed by atoms with Crippen LogP contribution in [-0.4, -0.2) is 25.0 Å². The number of methoxy groups -OCH3 is 1. The van der Waals surface area contributed by atoms with Gasteiger partial charge >= 0.3 is 6.03 Å². The first-order chi connectivity index (χ1) is 15.0. The van der Waals surface area contributed by atoms with Crippen LogP contribution in [0, 0.1) is 0 Å². The molecule has 4 rings (SSSR count). The molecular weight excluding hydrogens is 484 g/mol. The molecule has 1 aliphatic heterocycles. The maximum absolute atomic E-state index is 13.0. The zero-order valence-corrected chi connectivity index (χ0v) is 18.5. The number of hydrogen-bond donors (Lipinski definition) is 1. The summed E-state index contributed by atoms with van der Waals surface area (Å²) in [7, 11) is 1.48. The predicted molar refractivity (Wildman–Crippen MR) is 119 cm³/mol. The Morgan fingerprint density at radius 1 is 1.06 bits per heavy atom. The molecule has 31 heavy (non-hydrogen) atoms. The van der Waals surface area contributed by atoms with Gasteiger partial charge in [0.2, 0.25) is 0 Å². The van der Waals surface area contributed by atoms with Gasteiger partial charge in [0.05, 0.1) is 17.3 Å². The number of imide groups is 2. The average Bonchev–Trinajstić information content (AvgIpc) is 3.10. The zero-order valence-electron chi connectivity index (χ0n) is 16.1. The van der Waals surface area contributed by atoms with Gasteiger partial charge in [0.15, 0.2) is 5.09 Å². The number of ether oxygens (including phenoxy) is 1. The van der Waals surface area contributed by atoms with E-state index in [4.69, 9.17) is 9.15 Å². The second-order valence-electron chi connectivity index (χ2n) is 6.36. The Labute approximate surface area is 190 Å². The van der Waals surface area contributed by atoms with Crippen LogP contribution in [0.25, 0.3) is 6.08 Å². The topological polar surface area (TPSA) is 88.8 Å². The summed E-state index contributed by atoms with van der Waals surface area (Å²) in [6.07, 6.45) is 1.32. The molecule has 156 valence electrons. The molecule has 0 aliphatic carbocycles. The number of nitrogens with one attached hydrogen (secondary N) is 1.